The molecule has 1 heterocycles. The quantitative estimate of drug-likeness (QED) is 0.904. The molecule has 1 saturated heterocycles. The van der Waals surface area contributed by atoms with E-state index in [2.05, 4.69) is 12.2 Å². The van der Waals surface area contributed by atoms with E-state index >= 15 is 0 Å². The third-order valence-electron chi connectivity index (χ3n) is 3.92. The SMILES string of the molecule is CNc1ccc(C(F)(F)F)cc1C(=O)N1CCC(C)CC1. The number of piperidine rings is 1. The fourth-order valence-corrected chi connectivity index (χ4v) is 2.50. The summed E-state index contributed by atoms with van der Waals surface area (Å²) in [6.45, 7) is 3.31. The number of nitrogens with one attached hydrogen (secondary N) is 1. The molecule has 0 bridgehead atoms. The topological polar surface area (TPSA) is 32.3 Å². The van der Waals surface area contributed by atoms with Gasteiger partial charge in [-0.05, 0) is 37.0 Å². The highest BCUT2D eigenvalue weighted by atomic mass is 19.4. The second kappa shape index (κ2) is 5.95. The van der Waals surface area contributed by atoms with Crippen molar-refractivity contribution in [2.75, 3.05) is 25.5 Å². The van der Waals surface area contributed by atoms with Crippen LogP contribution in [-0.4, -0.2) is 30.9 Å². The second-order valence-electron chi connectivity index (χ2n) is 5.48. The van der Waals surface area contributed by atoms with Crippen LogP contribution in [-0.2, 0) is 6.18 Å². The Hall–Kier alpha value is -1.72. The molecule has 0 radical (unpaired) electrons. The number of rotatable bonds is 2. The first-order valence-corrected chi connectivity index (χ1v) is 7.01. The van der Waals surface area contributed by atoms with Gasteiger partial charge in [0.05, 0.1) is 11.1 Å². The zero-order valence-corrected chi connectivity index (χ0v) is 12.1. The largest absolute Gasteiger partial charge is 0.416 e. The van der Waals surface area contributed by atoms with Crippen LogP contribution in [0.15, 0.2) is 18.2 Å². The van der Waals surface area contributed by atoms with Crippen LogP contribution >= 0.6 is 0 Å². The molecule has 0 aromatic heterocycles. The van der Waals surface area contributed by atoms with Crippen LogP contribution in [0.25, 0.3) is 0 Å². The molecule has 1 fully saturated rings. The Balaban J connectivity index is 2.30. The van der Waals surface area contributed by atoms with E-state index in [1.165, 1.54) is 6.07 Å². The predicted molar refractivity (Wildman–Crippen MR) is 75.3 cm³/mol. The molecule has 1 N–H and O–H groups in total. The number of alkyl halides is 3. The summed E-state index contributed by atoms with van der Waals surface area (Å²) in [5.74, 6) is 0.219. The molecule has 0 unspecified atom stereocenters. The summed E-state index contributed by atoms with van der Waals surface area (Å²) in [6.07, 6.45) is -2.67. The Morgan fingerprint density at radius 3 is 2.43 bits per heavy atom. The molecule has 1 amide bonds. The fourth-order valence-electron chi connectivity index (χ4n) is 2.50. The summed E-state index contributed by atoms with van der Waals surface area (Å²) in [6, 6.07) is 3.23. The lowest BCUT2D eigenvalue weighted by Gasteiger charge is -2.31. The maximum Gasteiger partial charge on any atom is 0.416 e. The van der Waals surface area contributed by atoms with Crippen molar-refractivity contribution < 1.29 is 18.0 Å². The Bertz CT molecular complexity index is 520. The van der Waals surface area contributed by atoms with Crippen LogP contribution in [0, 0.1) is 5.92 Å². The molecule has 1 aromatic carbocycles. The highest BCUT2D eigenvalue weighted by molar-refractivity contribution is 5.99. The summed E-state index contributed by atoms with van der Waals surface area (Å²) in [4.78, 5) is 14.1. The Morgan fingerprint density at radius 1 is 1.29 bits per heavy atom. The van der Waals surface area contributed by atoms with Crippen molar-refractivity contribution in [3.63, 3.8) is 0 Å². The van der Waals surface area contributed by atoms with Crippen LogP contribution < -0.4 is 5.32 Å². The van der Waals surface area contributed by atoms with Gasteiger partial charge in [0.2, 0.25) is 0 Å². The lowest BCUT2D eigenvalue weighted by atomic mass is 9.98. The van der Waals surface area contributed by atoms with Gasteiger partial charge in [-0.25, -0.2) is 0 Å². The van der Waals surface area contributed by atoms with Crippen molar-refractivity contribution in [3.05, 3.63) is 29.3 Å². The van der Waals surface area contributed by atoms with Crippen LogP contribution in [0.4, 0.5) is 18.9 Å². The minimum absolute atomic E-state index is 0.0851. The van der Waals surface area contributed by atoms with Gasteiger partial charge in [0, 0.05) is 25.8 Å². The number of likely N-dealkylation sites (tertiary alicyclic amines) is 1. The van der Waals surface area contributed by atoms with E-state index in [0.29, 0.717) is 24.7 Å². The molecule has 6 heteroatoms. The number of carbonyl (C=O) groups is 1. The molecule has 0 saturated carbocycles. The van der Waals surface area contributed by atoms with Crippen molar-refractivity contribution in [1.29, 1.82) is 0 Å². The number of hydrogen-bond acceptors (Lipinski definition) is 2. The number of amides is 1. The first-order valence-electron chi connectivity index (χ1n) is 7.01. The number of hydrogen-bond donors (Lipinski definition) is 1. The fraction of sp³-hybridized carbons (Fsp3) is 0.533. The zero-order valence-electron chi connectivity index (χ0n) is 12.1. The lowest BCUT2D eigenvalue weighted by Crippen LogP contribution is -2.38. The van der Waals surface area contributed by atoms with E-state index in [-0.39, 0.29) is 11.5 Å². The van der Waals surface area contributed by atoms with Gasteiger partial charge < -0.3 is 10.2 Å². The van der Waals surface area contributed by atoms with Crippen LogP contribution in [0.5, 0.6) is 0 Å². The van der Waals surface area contributed by atoms with Gasteiger partial charge in [-0.2, -0.15) is 13.2 Å². The lowest BCUT2D eigenvalue weighted by molar-refractivity contribution is -0.137. The van der Waals surface area contributed by atoms with Crippen LogP contribution in [0.1, 0.15) is 35.7 Å². The molecule has 1 aromatic rings. The van der Waals surface area contributed by atoms with E-state index in [9.17, 15) is 18.0 Å². The van der Waals surface area contributed by atoms with Gasteiger partial charge in [-0.15, -0.1) is 0 Å². The van der Waals surface area contributed by atoms with E-state index in [1.54, 1.807) is 11.9 Å². The molecule has 116 valence electrons. The van der Waals surface area contributed by atoms with Crippen molar-refractivity contribution in [3.8, 4) is 0 Å². The average Bonchev–Trinajstić information content (AvgIpc) is 2.45. The Labute approximate surface area is 122 Å². The first-order chi connectivity index (χ1) is 9.82. The van der Waals surface area contributed by atoms with E-state index in [4.69, 9.17) is 0 Å². The highest BCUT2D eigenvalue weighted by Gasteiger charge is 2.32. The maximum absolute atomic E-state index is 12.8. The first kappa shape index (κ1) is 15.7. The summed E-state index contributed by atoms with van der Waals surface area (Å²) >= 11 is 0. The molecule has 0 aliphatic carbocycles. The highest BCUT2D eigenvalue weighted by Crippen LogP contribution is 2.32. The number of carbonyl (C=O) groups excluding carboxylic acids is 1. The third-order valence-corrected chi connectivity index (χ3v) is 3.92. The minimum Gasteiger partial charge on any atom is -0.387 e. The van der Waals surface area contributed by atoms with Gasteiger partial charge in [-0.3, -0.25) is 4.79 Å². The Kier molecular flexibility index (Phi) is 4.44. The molecule has 3 nitrogen and oxygen atoms in total. The number of nitrogens with zero attached hydrogens (tertiary/aromatic N) is 1. The normalized spacial score (nSPS) is 16.9. The standard InChI is InChI=1S/C15H19F3N2O/c1-10-5-7-20(8-6-10)14(21)12-9-11(15(16,17)18)3-4-13(12)19-2/h3-4,9-10,19H,5-8H2,1-2H3. The Morgan fingerprint density at radius 2 is 1.90 bits per heavy atom. The van der Waals surface area contributed by atoms with E-state index in [1.807, 2.05) is 0 Å². The minimum atomic E-state index is -4.45. The summed E-state index contributed by atoms with van der Waals surface area (Å²) < 4.78 is 38.4. The van der Waals surface area contributed by atoms with Crippen LogP contribution in [0.3, 0.4) is 0 Å². The summed E-state index contributed by atoms with van der Waals surface area (Å²) in [5.41, 5.74) is -0.288. The summed E-state index contributed by atoms with van der Waals surface area (Å²) in [7, 11) is 1.59. The van der Waals surface area contributed by atoms with E-state index in [0.717, 1.165) is 25.0 Å². The molecule has 0 atom stereocenters. The second-order valence-corrected chi connectivity index (χ2v) is 5.48. The zero-order chi connectivity index (χ0) is 15.6. The number of halogens is 3. The van der Waals surface area contributed by atoms with E-state index < -0.39 is 11.7 Å². The molecular weight excluding hydrogens is 281 g/mol. The predicted octanol–water partition coefficient (Wildman–Crippen LogP) is 3.62. The third kappa shape index (κ3) is 3.49. The average molecular weight is 300 g/mol. The number of benzene rings is 1. The van der Waals surface area contributed by atoms with Gasteiger partial charge in [0.15, 0.2) is 0 Å². The molecule has 1 aliphatic heterocycles. The van der Waals surface area contributed by atoms with Crippen LogP contribution in [0.2, 0.25) is 0 Å². The van der Waals surface area contributed by atoms with Crippen molar-refractivity contribution in [2.45, 2.75) is 25.9 Å². The summed E-state index contributed by atoms with van der Waals surface area (Å²) in [5, 5.41) is 2.79. The molecule has 1 aliphatic rings. The van der Waals surface area contributed by atoms with Crippen molar-refractivity contribution in [2.24, 2.45) is 5.92 Å². The van der Waals surface area contributed by atoms with Crippen molar-refractivity contribution in [1.82, 2.24) is 4.90 Å². The monoisotopic (exact) mass is 300 g/mol. The molecule has 2 rings (SSSR count). The van der Waals surface area contributed by atoms with Gasteiger partial charge in [-0.1, -0.05) is 6.92 Å². The molecule has 21 heavy (non-hydrogen) atoms. The smallest absolute Gasteiger partial charge is 0.387 e. The molecular formula is C15H19F3N2O. The number of anilines is 1. The molecule has 0 spiro atoms. The van der Waals surface area contributed by atoms with Gasteiger partial charge in [0.25, 0.3) is 5.91 Å². The van der Waals surface area contributed by atoms with Gasteiger partial charge in [0.1, 0.15) is 0 Å². The maximum atomic E-state index is 12.8. The van der Waals surface area contributed by atoms with Gasteiger partial charge >= 0.3 is 6.18 Å². The van der Waals surface area contributed by atoms with Crippen molar-refractivity contribution >= 4 is 11.6 Å².